The Morgan fingerprint density at radius 1 is 1.43 bits per heavy atom. The number of likely N-dealkylation sites (N-methyl/N-ethyl adjacent to an activating group) is 1. The number of pyridine rings is 1. The monoisotopic (exact) mass is 462 g/mol. The average molecular weight is 463 g/mol. The van der Waals surface area contributed by atoms with Crippen molar-refractivity contribution in [2.24, 2.45) is 0 Å². The zero-order valence-corrected chi connectivity index (χ0v) is 16.8. The van der Waals surface area contributed by atoms with E-state index in [4.69, 9.17) is 11.6 Å². The van der Waals surface area contributed by atoms with Crippen molar-refractivity contribution in [2.45, 2.75) is 6.92 Å². The van der Waals surface area contributed by atoms with Crippen LogP contribution in [0.5, 0.6) is 0 Å². The van der Waals surface area contributed by atoms with Gasteiger partial charge in [0.25, 0.3) is 5.56 Å². The standard InChI is InChI=1S/C14H11ClFN4O2.Pr/c1-7-3-4-19(2)6-10(7)20-12-8(13(21)18-14(20)22)5-9(16)11(15)17-12;/h3,5H,4H2,1-2H3,(H,18,21,22);/q-1;. The topological polar surface area (TPSA) is 71.0 Å². The molecule has 1 N–H and O–H groups in total. The molecule has 0 fully saturated rings. The Balaban J connectivity index is 0.00000192. The van der Waals surface area contributed by atoms with Gasteiger partial charge in [0, 0.05) is 47.8 Å². The van der Waals surface area contributed by atoms with Crippen molar-refractivity contribution in [3.63, 3.8) is 0 Å². The summed E-state index contributed by atoms with van der Waals surface area (Å²) in [7, 11) is 1.79. The van der Waals surface area contributed by atoms with E-state index in [1.54, 1.807) is 11.9 Å². The van der Waals surface area contributed by atoms with E-state index in [0.717, 1.165) is 11.6 Å². The molecule has 2 aromatic heterocycles. The fourth-order valence-corrected chi connectivity index (χ4v) is 2.37. The van der Waals surface area contributed by atoms with Crippen molar-refractivity contribution in [1.29, 1.82) is 0 Å². The van der Waals surface area contributed by atoms with Crippen molar-refractivity contribution in [3.05, 3.63) is 55.7 Å². The van der Waals surface area contributed by atoms with Crippen LogP contribution in [0.2, 0.25) is 5.15 Å². The molecule has 23 heavy (non-hydrogen) atoms. The van der Waals surface area contributed by atoms with Gasteiger partial charge in [0.1, 0.15) is 0 Å². The Hall–Kier alpha value is -1.05. The number of aromatic nitrogens is 3. The van der Waals surface area contributed by atoms with Crippen LogP contribution in [0.4, 0.5) is 4.39 Å². The van der Waals surface area contributed by atoms with Crippen LogP contribution in [-0.4, -0.2) is 33.0 Å². The van der Waals surface area contributed by atoms with Crippen molar-refractivity contribution in [1.82, 2.24) is 19.4 Å². The maximum absolute atomic E-state index is 13.6. The number of hydrogen-bond donors (Lipinski definition) is 1. The van der Waals surface area contributed by atoms with Crippen LogP contribution in [0.1, 0.15) is 6.92 Å². The molecule has 0 bridgehead atoms. The molecule has 0 atom stereocenters. The zero-order valence-electron chi connectivity index (χ0n) is 12.4. The van der Waals surface area contributed by atoms with E-state index in [2.05, 4.69) is 16.2 Å². The Morgan fingerprint density at radius 3 is 2.83 bits per heavy atom. The van der Waals surface area contributed by atoms with Gasteiger partial charge in [0.05, 0.1) is 5.39 Å². The molecule has 6 nitrogen and oxygen atoms in total. The molecule has 3 heterocycles. The molecule has 3 rings (SSSR count). The Bertz CT molecular complexity index is 964. The molecule has 2 aromatic rings. The predicted octanol–water partition coefficient (Wildman–Crippen LogP) is 1.37. The van der Waals surface area contributed by atoms with Crippen LogP contribution < -0.4 is 11.2 Å². The molecule has 0 aromatic carbocycles. The maximum atomic E-state index is 13.6. The van der Waals surface area contributed by atoms with E-state index < -0.39 is 22.2 Å². The molecule has 117 valence electrons. The second-order valence-electron chi connectivity index (χ2n) is 4.95. The van der Waals surface area contributed by atoms with Gasteiger partial charge in [-0.2, -0.15) is 5.57 Å². The maximum Gasteiger partial charge on any atom is 0.331 e. The van der Waals surface area contributed by atoms with Gasteiger partial charge in [-0.05, 0) is 13.1 Å². The number of aromatic amines is 1. The second-order valence-corrected chi connectivity index (χ2v) is 5.31. The normalized spacial score (nSPS) is 14.3. The minimum atomic E-state index is -0.823. The molecule has 0 unspecified atom stereocenters. The van der Waals surface area contributed by atoms with Gasteiger partial charge in [0.15, 0.2) is 16.6 Å². The van der Waals surface area contributed by atoms with Crippen LogP contribution in [0.15, 0.2) is 27.3 Å². The molecule has 0 amide bonds. The minimum absolute atomic E-state index is 0. The van der Waals surface area contributed by atoms with Crippen molar-refractivity contribution >= 4 is 28.3 Å². The number of allylic oxidation sites excluding steroid dienone is 2. The summed E-state index contributed by atoms with van der Waals surface area (Å²) < 4.78 is 14.7. The summed E-state index contributed by atoms with van der Waals surface area (Å²) >= 11 is 5.70. The van der Waals surface area contributed by atoms with E-state index in [0.29, 0.717) is 12.2 Å². The summed E-state index contributed by atoms with van der Waals surface area (Å²) in [5.74, 6) is -0.823. The van der Waals surface area contributed by atoms with E-state index in [1.165, 1.54) is 4.57 Å². The fourth-order valence-electron chi connectivity index (χ4n) is 2.23. The van der Waals surface area contributed by atoms with E-state index in [-0.39, 0.29) is 52.3 Å². The summed E-state index contributed by atoms with van der Waals surface area (Å²) in [5.41, 5.74) is -0.194. The summed E-state index contributed by atoms with van der Waals surface area (Å²) in [6.45, 7) is 2.46. The summed E-state index contributed by atoms with van der Waals surface area (Å²) in [6.07, 6.45) is 4.92. The number of rotatable bonds is 1. The molecule has 0 saturated heterocycles. The fraction of sp³-hybridized carbons (Fsp3) is 0.214. The van der Waals surface area contributed by atoms with Crippen molar-refractivity contribution in [2.75, 3.05) is 13.6 Å². The predicted molar refractivity (Wildman–Crippen MR) is 80.9 cm³/mol. The number of fused-ring (bicyclic) bond motifs is 1. The van der Waals surface area contributed by atoms with Gasteiger partial charge in [-0.25, -0.2) is 14.2 Å². The van der Waals surface area contributed by atoms with Gasteiger partial charge in [-0.15, -0.1) is 19.2 Å². The van der Waals surface area contributed by atoms with Gasteiger partial charge in [-0.1, -0.05) is 17.3 Å². The van der Waals surface area contributed by atoms with Crippen LogP contribution in [0, 0.1) is 53.3 Å². The quantitative estimate of drug-likeness (QED) is 0.513. The third-order valence-electron chi connectivity index (χ3n) is 3.36. The third kappa shape index (κ3) is 3.27. The number of nitrogens with one attached hydrogen (secondary N) is 1. The molecular weight excluding hydrogens is 452 g/mol. The van der Waals surface area contributed by atoms with E-state index >= 15 is 0 Å². The van der Waals surface area contributed by atoms with Gasteiger partial charge >= 0.3 is 5.69 Å². The zero-order chi connectivity index (χ0) is 16.0. The Labute approximate surface area is 168 Å². The molecule has 1 aliphatic rings. The van der Waals surface area contributed by atoms with Crippen LogP contribution in [0.25, 0.3) is 16.7 Å². The summed E-state index contributed by atoms with van der Waals surface area (Å²) in [5, 5.41) is -0.463. The first kappa shape index (κ1) is 18.3. The third-order valence-corrected chi connectivity index (χ3v) is 3.62. The van der Waals surface area contributed by atoms with Crippen molar-refractivity contribution in [3.8, 4) is 0 Å². The van der Waals surface area contributed by atoms with Gasteiger partial charge in [-0.3, -0.25) is 14.3 Å². The average Bonchev–Trinajstić information content (AvgIpc) is 2.45. The second kappa shape index (κ2) is 6.83. The van der Waals surface area contributed by atoms with Crippen LogP contribution in [0.3, 0.4) is 0 Å². The number of hydrogen-bond acceptors (Lipinski definition) is 4. The van der Waals surface area contributed by atoms with E-state index in [1.807, 2.05) is 13.0 Å². The molecular formula is C14H11ClFN4O2Pr-. The first-order valence-electron chi connectivity index (χ1n) is 6.42. The largest absolute Gasteiger partial charge is 0.462 e. The van der Waals surface area contributed by atoms with Crippen molar-refractivity contribution < 1.29 is 45.7 Å². The first-order valence-corrected chi connectivity index (χ1v) is 6.79. The number of H-pyrrole nitrogens is 1. The first-order chi connectivity index (χ1) is 10.4. The Morgan fingerprint density at radius 2 is 2.13 bits per heavy atom. The molecule has 0 aliphatic carbocycles. The minimum Gasteiger partial charge on any atom is -0.462 e. The van der Waals surface area contributed by atoms with Crippen LogP contribution in [-0.2, 0) is 0 Å². The number of nitrogens with zero attached hydrogens (tertiary/aromatic N) is 3. The molecule has 1 aliphatic heterocycles. The molecule has 1 radical (unpaired) electrons. The smallest absolute Gasteiger partial charge is 0.331 e. The Kier molecular flexibility index (Phi) is 5.43. The summed E-state index contributed by atoms with van der Waals surface area (Å²) in [6, 6.07) is 0.964. The number of halogens is 2. The van der Waals surface area contributed by atoms with Gasteiger partial charge in [0.2, 0.25) is 0 Å². The SMILES string of the molecule is CC1=CCN(C)[C-]=C1n1c(=O)[nH]c(=O)c2cc(F)c(Cl)nc21.[Pr]. The molecule has 9 heteroatoms. The summed E-state index contributed by atoms with van der Waals surface area (Å²) in [4.78, 5) is 31.9. The molecule has 0 spiro atoms. The van der Waals surface area contributed by atoms with E-state index in [9.17, 15) is 14.0 Å². The van der Waals surface area contributed by atoms with Gasteiger partial charge < -0.3 is 4.90 Å². The molecule has 0 saturated carbocycles. The van der Waals surface area contributed by atoms with Crippen LogP contribution >= 0.6 is 11.6 Å².